The van der Waals surface area contributed by atoms with Crippen LogP contribution >= 0.6 is 0 Å². The van der Waals surface area contributed by atoms with Crippen molar-refractivity contribution in [2.24, 2.45) is 7.05 Å². The number of nitrogens with one attached hydrogen (secondary N) is 2. The number of fused-ring (bicyclic) bond motifs is 2. The zero-order chi connectivity index (χ0) is 22.4. The van der Waals surface area contributed by atoms with Gasteiger partial charge in [0, 0.05) is 31.3 Å². The number of carbonyl (C=O) groups excluding carboxylic acids is 2. The lowest BCUT2D eigenvalue weighted by molar-refractivity contribution is -0.118. The van der Waals surface area contributed by atoms with E-state index >= 15 is 0 Å². The Labute approximate surface area is 181 Å². The molecule has 4 heterocycles. The number of hydrogen-bond acceptors (Lipinski definition) is 5. The van der Waals surface area contributed by atoms with Crippen molar-refractivity contribution >= 4 is 17.5 Å². The number of amides is 2. The molecule has 3 aromatic rings. The van der Waals surface area contributed by atoms with E-state index in [-0.39, 0.29) is 30.4 Å². The monoisotopic (exact) mass is 441 g/mol. The van der Waals surface area contributed by atoms with E-state index < -0.39 is 29.5 Å². The Balaban J connectivity index is 1.34. The molecule has 2 aromatic heterocycles. The van der Waals surface area contributed by atoms with Gasteiger partial charge in [0.05, 0.1) is 17.9 Å². The number of carbonyl (C=O) groups is 2. The summed E-state index contributed by atoms with van der Waals surface area (Å²) in [5.41, 5.74) is 1.28. The topological polar surface area (TPSA) is 107 Å². The van der Waals surface area contributed by atoms with Gasteiger partial charge in [0.15, 0.2) is 0 Å². The third-order valence-electron chi connectivity index (χ3n) is 5.90. The maximum atomic E-state index is 14.1. The molecule has 166 valence electrons. The average molecular weight is 441 g/mol. The molecule has 11 heteroatoms. The van der Waals surface area contributed by atoms with E-state index in [0.29, 0.717) is 17.8 Å². The van der Waals surface area contributed by atoms with Crippen LogP contribution in [-0.4, -0.2) is 42.4 Å². The molecule has 2 aliphatic heterocycles. The smallest absolute Gasteiger partial charge is 0.291 e. The van der Waals surface area contributed by atoms with Gasteiger partial charge < -0.3 is 10.6 Å². The van der Waals surface area contributed by atoms with Crippen molar-refractivity contribution in [1.29, 1.82) is 0 Å². The van der Waals surface area contributed by atoms with Gasteiger partial charge in [0.1, 0.15) is 23.5 Å². The number of halogens is 2. The van der Waals surface area contributed by atoms with Crippen LogP contribution in [0.3, 0.4) is 0 Å². The number of benzene rings is 1. The third kappa shape index (κ3) is 3.63. The van der Waals surface area contributed by atoms with Crippen molar-refractivity contribution in [1.82, 2.24) is 29.9 Å². The molecule has 0 radical (unpaired) electrons. The fourth-order valence-corrected chi connectivity index (χ4v) is 4.33. The summed E-state index contributed by atoms with van der Waals surface area (Å²) in [6.45, 7) is 0. The highest BCUT2D eigenvalue weighted by Gasteiger charge is 2.31. The molecule has 2 N–H and O–H groups in total. The molecule has 0 saturated heterocycles. The van der Waals surface area contributed by atoms with Crippen LogP contribution in [0.15, 0.2) is 24.5 Å². The zero-order valence-electron chi connectivity index (χ0n) is 17.3. The van der Waals surface area contributed by atoms with Gasteiger partial charge in [-0.3, -0.25) is 14.3 Å². The molecule has 1 aromatic carbocycles. The van der Waals surface area contributed by atoms with Crippen LogP contribution in [0.2, 0.25) is 0 Å². The predicted octanol–water partition coefficient (Wildman–Crippen LogP) is 1.90. The van der Waals surface area contributed by atoms with Crippen molar-refractivity contribution in [2.45, 2.75) is 44.2 Å². The van der Waals surface area contributed by atoms with E-state index in [1.807, 2.05) is 13.2 Å². The summed E-state index contributed by atoms with van der Waals surface area (Å²) >= 11 is 0. The molecule has 9 nitrogen and oxygen atoms in total. The van der Waals surface area contributed by atoms with Crippen molar-refractivity contribution in [2.75, 3.05) is 5.32 Å². The van der Waals surface area contributed by atoms with Gasteiger partial charge in [-0.15, -0.1) is 5.10 Å². The highest BCUT2D eigenvalue weighted by molar-refractivity contribution is 6.00. The first-order valence-electron chi connectivity index (χ1n) is 10.4. The molecule has 2 atom stereocenters. The lowest BCUT2D eigenvalue weighted by atomic mass is 10.0. The molecular formula is C21H21F2N7O2. The minimum Gasteiger partial charge on any atom is -0.337 e. The quantitative estimate of drug-likeness (QED) is 0.646. The van der Waals surface area contributed by atoms with E-state index in [1.54, 1.807) is 15.6 Å². The van der Waals surface area contributed by atoms with Crippen LogP contribution in [0.1, 0.15) is 52.9 Å². The fraction of sp³-hybridized carbons (Fsp3) is 0.381. The standard InChI is InChI=1S/C21H21F2N7O2/c1-29-10-12(9-24-29)16-3-2-4-17-26-19(28-30(16)17)21(32)25-15-6-5-11-7-13(22)8-14(23)18(11)27-20(15)31/h7-10,15-16H,2-6H2,1H3,(H,25,32)(H,27,31)/t15-,16?/m0/s1. The van der Waals surface area contributed by atoms with Gasteiger partial charge in [-0.25, -0.2) is 18.4 Å². The maximum Gasteiger partial charge on any atom is 0.291 e. The normalized spacial score (nSPS) is 20.2. The molecule has 5 rings (SSSR count). The highest BCUT2D eigenvalue weighted by Crippen LogP contribution is 2.29. The first kappa shape index (κ1) is 20.3. The zero-order valence-corrected chi connectivity index (χ0v) is 17.3. The molecule has 1 unspecified atom stereocenters. The summed E-state index contributed by atoms with van der Waals surface area (Å²) in [6, 6.07) is 0.921. The summed E-state index contributed by atoms with van der Waals surface area (Å²) in [4.78, 5) is 29.8. The fourth-order valence-electron chi connectivity index (χ4n) is 4.33. The van der Waals surface area contributed by atoms with E-state index in [0.717, 1.165) is 24.5 Å². The van der Waals surface area contributed by atoms with Crippen molar-refractivity contribution in [3.63, 3.8) is 0 Å². The number of aryl methyl sites for hydroxylation is 3. The molecule has 32 heavy (non-hydrogen) atoms. The SMILES string of the molecule is Cn1cc(C2CCCc3nc(C(=O)N[C@H]4CCc5cc(F)cc(F)c5NC4=O)nn32)cn1. The van der Waals surface area contributed by atoms with Crippen molar-refractivity contribution in [3.05, 3.63) is 58.9 Å². The van der Waals surface area contributed by atoms with Gasteiger partial charge in [0.25, 0.3) is 5.91 Å². The minimum atomic E-state index is -0.924. The number of anilines is 1. The second-order valence-corrected chi connectivity index (χ2v) is 8.13. The van der Waals surface area contributed by atoms with E-state index in [2.05, 4.69) is 25.8 Å². The molecule has 0 aliphatic carbocycles. The molecule has 2 aliphatic rings. The number of hydrogen-bond donors (Lipinski definition) is 2. The lowest BCUT2D eigenvalue weighted by Gasteiger charge is -2.22. The van der Waals surface area contributed by atoms with Crippen LogP contribution in [-0.2, 0) is 24.7 Å². The van der Waals surface area contributed by atoms with Crippen LogP contribution in [0.5, 0.6) is 0 Å². The van der Waals surface area contributed by atoms with Gasteiger partial charge >= 0.3 is 0 Å². The summed E-state index contributed by atoms with van der Waals surface area (Å²) in [5.74, 6) is -2.04. The second kappa shape index (κ2) is 7.81. The Morgan fingerprint density at radius 1 is 1.25 bits per heavy atom. The highest BCUT2D eigenvalue weighted by atomic mass is 19.1. The van der Waals surface area contributed by atoms with Gasteiger partial charge in [-0.1, -0.05) is 0 Å². The predicted molar refractivity (Wildman–Crippen MR) is 109 cm³/mol. The van der Waals surface area contributed by atoms with Gasteiger partial charge in [-0.2, -0.15) is 5.10 Å². The first-order valence-corrected chi connectivity index (χ1v) is 10.4. The summed E-state index contributed by atoms with van der Waals surface area (Å²) in [5, 5.41) is 13.7. The molecule has 0 fully saturated rings. The number of aromatic nitrogens is 5. The summed E-state index contributed by atoms with van der Waals surface area (Å²) in [7, 11) is 1.84. The second-order valence-electron chi connectivity index (χ2n) is 8.13. The number of rotatable bonds is 3. The van der Waals surface area contributed by atoms with E-state index in [9.17, 15) is 18.4 Å². The van der Waals surface area contributed by atoms with Crippen LogP contribution in [0, 0.1) is 11.6 Å². The minimum absolute atomic E-state index is 0.0254. The third-order valence-corrected chi connectivity index (χ3v) is 5.90. The van der Waals surface area contributed by atoms with Gasteiger partial charge in [0.2, 0.25) is 11.7 Å². The molecular weight excluding hydrogens is 420 g/mol. The van der Waals surface area contributed by atoms with Crippen LogP contribution < -0.4 is 10.6 Å². The summed E-state index contributed by atoms with van der Waals surface area (Å²) < 4.78 is 31.1. The van der Waals surface area contributed by atoms with E-state index in [4.69, 9.17) is 0 Å². The summed E-state index contributed by atoms with van der Waals surface area (Å²) in [6.07, 6.45) is 6.57. The van der Waals surface area contributed by atoms with Crippen LogP contribution in [0.25, 0.3) is 0 Å². The maximum absolute atomic E-state index is 14.1. The van der Waals surface area contributed by atoms with Crippen molar-refractivity contribution < 1.29 is 18.4 Å². The van der Waals surface area contributed by atoms with Crippen molar-refractivity contribution in [3.8, 4) is 0 Å². The molecule has 0 bridgehead atoms. The Hall–Kier alpha value is -3.63. The Morgan fingerprint density at radius 3 is 2.88 bits per heavy atom. The Kier molecular flexibility index (Phi) is 4.95. The number of nitrogens with zero attached hydrogens (tertiary/aromatic N) is 5. The molecule has 2 amide bonds. The largest absolute Gasteiger partial charge is 0.337 e. The van der Waals surface area contributed by atoms with Crippen LogP contribution in [0.4, 0.5) is 14.5 Å². The van der Waals surface area contributed by atoms with Gasteiger partial charge in [-0.05, 0) is 37.3 Å². The molecule has 0 saturated carbocycles. The average Bonchev–Trinajstić information content (AvgIpc) is 3.35. The Bertz CT molecular complexity index is 1220. The first-order chi connectivity index (χ1) is 15.4. The Morgan fingerprint density at radius 2 is 2.09 bits per heavy atom. The lowest BCUT2D eigenvalue weighted by Crippen LogP contribution is -2.43. The van der Waals surface area contributed by atoms with E-state index in [1.165, 1.54) is 6.07 Å². The molecule has 0 spiro atoms.